The van der Waals surface area contributed by atoms with Gasteiger partial charge in [-0.25, -0.2) is 0 Å². The van der Waals surface area contributed by atoms with Crippen molar-refractivity contribution < 1.29 is 25.2 Å². The van der Waals surface area contributed by atoms with Crippen LogP contribution in [-0.4, -0.2) is 19.7 Å². The lowest BCUT2D eigenvalue weighted by atomic mass is 9.90. The van der Waals surface area contributed by atoms with Crippen LogP contribution < -0.4 is 0 Å². The lowest BCUT2D eigenvalue weighted by molar-refractivity contribution is -0.0494. The first-order valence-corrected chi connectivity index (χ1v) is 7.74. The van der Waals surface area contributed by atoms with Crippen LogP contribution in [-0.2, 0) is 13.7 Å². The molecule has 3 atom stereocenters. The molecule has 0 aromatic carbocycles. The molecule has 2 aliphatic rings. The number of hydrogen-bond donors (Lipinski definition) is 0. The summed E-state index contributed by atoms with van der Waals surface area (Å²) in [4.78, 5) is 0. The smallest absolute Gasteiger partial charge is 0.191 e. The fourth-order valence-corrected chi connectivity index (χ4v) is 4.42. The van der Waals surface area contributed by atoms with Gasteiger partial charge in [0.1, 0.15) is 0 Å². The fourth-order valence-electron chi connectivity index (χ4n) is 2.80. The highest BCUT2D eigenvalue weighted by molar-refractivity contribution is 8.04. The molecule has 2 aliphatic carbocycles. The second-order valence-electron chi connectivity index (χ2n) is 4.69. The van der Waals surface area contributed by atoms with Gasteiger partial charge in [-0.15, -0.1) is 0 Å². The highest BCUT2D eigenvalue weighted by atomic mass is 32.3. The van der Waals surface area contributed by atoms with Crippen molar-refractivity contribution in [1.82, 2.24) is 0 Å². The van der Waals surface area contributed by atoms with Crippen LogP contribution in [0.1, 0.15) is 25.7 Å². The Bertz CT molecular complexity index is 379. The Morgan fingerprint density at radius 2 is 1.94 bits per heavy atom. The molecule has 2 fully saturated rings. The molecule has 0 aromatic heterocycles. The van der Waals surface area contributed by atoms with E-state index in [0.717, 1.165) is 19.3 Å². The van der Waals surface area contributed by atoms with Gasteiger partial charge in [-0.2, -0.15) is 25.2 Å². The molecule has 100 valence electrons. The summed E-state index contributed by atoms with van der Waals surface area (Å²) in [6.45, 7) is 0. The van der Waals surface area contributed by atoms with Crippen LogP contribution in [0.2, 0.25) is 0 Å². The van der Waals surface area contributed by atoms with Crippen molar-refractivity contribution in [1.29, 1.82) is 0 Å². The number of fused-ring (bicyclic) bond motifs is 2. The van der Waals surface area contributed by atoms with E-state index in [1.807, 2.05) is 0 Å². The summed E-state index contributed by atoms with van der Waals surface area (Å²) >= 11 is 0.416. The first-order valence-electron chi connectivity index (χ1n) is 5.42. The summed E-state index contributed by atoms with van der Waals surface area (Å²) < 4.78 is 61.0. The van der Waals surface area contributed by atoms with Gasteiger partial charge in [-0.1, -0.05) is 6.42 Å². The molecule has 17 heavy (non-hydrogen) atoms. The Hall–Kier alpha value is 0.0500. The average Bonchev–Trinajstić information content (AvgIpc) is 2.76. The van der Waals surface area contributed by atoms with Crippen LogP contribution >= 0.6 is 12.0 Å². The van der Waals surface area contributed by atoms with Crippen molar-refractivity contribution >= 4 is 22.2 Å². The predicted molar refractivity (Wildman–Crippen MR) is 57.5 cm³/mol. The number of rotatable bonds is 4. The lowest BCUT2D eigenvalue weighted by Crippen LogP contribution is -2.24. The van der Waals surface area contributed by atoms with Gasteiger partial charge in [0.2, 0.25) is 0 Å². The van der Waals surface area contributed by atoms with Crippen molar-refractivity contribution in [3.05, 3.63) is 0 Å². The third-order valence-corrected chi connectivity index (χ3v) is 5.82. The standard InChI is InChI=1S/C9H13F3O3S2/c10-9(11,12)17(13,14)15-16-5-8-4-6-1-2-7(8)3-6/h6-8H,1-5H2. The molecule has 2 rings (SSSR count). The minimum Gasteiger partial charge on any atom is -0.191 e. The lowest BCUT2D eigenvalue weighted by Gasteiger charge is -2.20. The normalized spacial score (nSPS) is 33.2. The zero-order chi connectivity index (χ0) is 12.7. The Kier molecular flexibility index (Phi) is 3.66. The second kappa shape index (κ2) is 4.62. The molecule has 3 unspecified atom stereocenters. The van der Waals surface area contributed by atoms with E-state index in [2.05, 4.69) is 3.63 Å². The van der Waals surface area contributed by atoms with E-state index in [0.29, 0.717) is 35.5 Å². The van der Waals surface area contributed by atoms with Crippen molar-refractivity contribution in [2.75, 3.05) is 5.75 Å². The fraction of sp³-hybridized carbons (Fsp3) is 1.00. The SMILES string of the molecule is O=S(=O)(OSCC1CC2CCC1C2)C(F)(F)F. The van der Waals surface area contributed by atoms with E-state index in [-0.39, 0.29) is 0 Å². The minimum atomic E-state index is -5.44. The van der Waals surface area contributed by atoms with E-state index in [4.69, 9.17) is 0 Å². The third-order valence-electron chi connectivity index (χ3n) is 3.59. The molecule has 0 N–H and O–H groups in total. The van der Waals surface area contributed by atoms with Gasteiger partial charge in [-0.3, -0.25) is 0 Å². The molecule has 2 saturated carbocycles. The van der Waals surface area contributed by atoms with Gasteiger partial charge in [0.25, 0.3) is 0 Å². The first-order chi connectivity index (χ1) is 7.79. The summed E-state index contributed by atoms with van der Waals surface area (Å²) in [5.41, 5.74) is -5.32. The van der Waals surface area contributed by atoms with Crippen molar-refractivity contribution in [2.24, 2.45) is 17.8 Å². The van der Waals surface area contributed by atoms with Gasteiger partial charge < -0.3 is 0 Å². The molecule has 3 nitrogen and oxygen atoms in total. The molecule has 0 saturated heterocycles. The van der Waals surface area contributed by atoms with Gasteiger partial charge in [-0.05, 0) is 37.0 Å². The molecule has 0 amide bonds. The number of alkyl halides is 3. The Labute approximate surface area is 102 Å². The molecule has 0 spiro atoms. The van der Waals surface area contributed by atoms with E-state index in [1.54, 1.807) is 0 Å². The van der Waals surface area contributed by atoms with Gasteiger partial charge in [0.05, 0.1) is 0 Å². The van der Waals surface area contributed by atoms with E-state index >= 15 is 0 Å². The van der Waals surface area contributed by atoms with E-state index in [1.165, 1.54) is 6.42 Å². The summed E-state index contributed by atoms with van der Waals surface area (Å²) in [7, 11) is -5.44. The third kappa shape index (κ3) is 2.90. The summed E-state index contributed by atoms with van der Waals surface area (Å²) in [5, 5.41) is 0. The Morgan fingerprint density at radius 3 is 2.41 bits per heavy atom. The van der Waals surface area contributed by atoms with Crippen LogP contribution in [0.3, 0.4) is 0 Å². The topological polar surface area (TPSA) is 43.4 Å². The number of hydrogen-bond acceptors (Lipinski definition) is 4. The van der Waals surface area contributed by atoms with E-state index in [9.17, 15) is 21.6 Å². The minimum absolute atomic E-state index is 0.308. The molecule has 2 bridgehead atoms. The molecule has 0 radical (unpaired) electrons. The van der Waals surface area contributed by atoms with Crippen LogP contribution in [0.15, 0.2) is 0 Å². The highest BCUT2D eigenvalue weighted by Crippen LogP contribution is 2.49. The van der Waals surface area contributed by atoms with Crippen molar-refractivity contribution in [3.8, 4) is 0 Å². The van der Waals surface area contributed by atoms with Gasteiger partial charge >= 0.3 is 15.6 Å². The average molecular weight is 290 g/mol. The molecular formula is C9H13F3O3S2. The zero-order valence-electron chi connectivity index (χ0n) is 8.94. The maximum atomic E-state index is 12.0. The monoisotopic (exact) mass is 290 g/mol. The van der Waals surface area contributed by atoms with Crippen LogP contribution in [0, 0.1) is 17.8 Å². The molecular weight excluding hydrogens is 277 g/mol. The summed E-state index contributed by atoms with van der Waals surface area (Å²) in [5.74, 6) is 1.87. The predicted octanol–water partition coefficient (Wildman–Crippen LogP) is 2.94. The number of halogens is 3. The van der Waals surface area contributed by atoms with E-state index < -0.39 is 15.6 Å². The highest BCUT2D eigenvalue weighted by Gasteiger charge is 2.48. The van der Waals surface area contributed by atoms with Gasteiger partial charge in [0.15, 0.2) is 0 Å². The Morgan fingerprint density at radius 1 is 1.24 bits per heavy atom. The maximum Gasteiger partial charge on any atom is 0.524 e. The quantitative estimate of drug-likeness (QED) is 0.590. The zero-order valence-corrected chi connectivity index (χ0v) is 10.6. The Balaban J connectivity index is 1.77. The van der Waals surface area contributed by atoms with Crippen LogP contribution in [0.4, 0.5) is 13.2 Å². The first kappa shape index (κ1) is 13.5. The summed E-state index contributed by atoms with van der Waals surface area (Å²) in [6, 6.07) is 0. The molecule has 0 heterocycles. The maximum absolute atomic E-state index is 12.0. The van der Waals surface area contributed by atoms with Crippen LogP contribution in [0.25, 0.3) is 0 Å². The second-order valence-corrected chi connectivity index (χ2v) is 7.17. The van der Waals surface area contributed by atoms with Gasteiger partial charge in [0, 0.05) is 17.8 Å². The van der Waals surface area contributed by atoms with Crippen LogP contribution in [0.5, 0.6) is 0 Å². The molecule has 0 aromatic rings. The largest absolute Gasteiger partial charge is 0.524 e. The van der Waals surface area contributed by atoms with Crippen molar-refractivity contribution in [2.45, 2.75) is 31.2 Å². The molecule has 8 heteroatoms. The molecule has 0 aliphatic heterocycles. The van der Waals surface area contributed by atoms with Crippen molar-refractivity contribution in [3.63, 3.8) is 0 Å². The summed E-state index contributed by atoms with van der Waals surface area (Å²) in [6.07, 6.45) is 4.44.